The summed E-state index contributed by atoms with van der Waals surface area (Å²) in [5, 5.41) is 0. The molecule has 1 aromatic rings. The standard InChI is InChI=1S/C14H16O3/c1-9-6-4-5-7-11(9)14-10(2)12(16-3)8-13(15)17-14/h4-8,10,14H,1-3H3/t10-,14-/m0/s1. The van der Waals surface area contributed by atoms with Gasteiger partial charge in [0.05, 0.1) is 19.1 Å². The maximum absolute atomic E-state index is 11.5. The minimum absolute atomic E-state index is 0.0406. The van der Waals surface area contributed by atoms with Crippen LogP contribution in [0.5, 0.6) is 0 Å². The third-order valence-corrected chi connectivity index (χ3v) is 3.14. The molecule has 0 fully saturated rings. The molecule has 0 unspecified atom stereocenters. The van der Waals surface area contributed by atoms with Gasteiger partial charge in [-0.1, -0.05) is 31.2 Å². The van der Waals surface area contributed by atoms with E-state index >= 15 is 0 Å². The van der Waals surface area contributed by atoms with Crippen molar-refractivity contribution in [1.29, 1.82) is 0 Å². The van der Waals surface area contributed by atoms with Gasteiger partial charge < -0.3 is 9.47 Å². The molecule has 0 aromatic heterocycles. The molecule has 17 heavy (non-hydrogen) atoms. The van der Waals surface area contributed by atoms with Gasteiger partial charge in [-0.2, -0.15) is 0 Å². The maximum Gasteiger partial charge on any atom is 0.334 e. The van der Waals surface area contributed by atoms with Crippen LogP contribution in [0.4, 0.5) is 0 Å². The summed E-state index contributed by atoms with van der Waals surface area (Å²) in [6.07, 6.45) is 1.16. The summed E-state index contributed by atoms with van der Waals surface area (Å²) >= 11 is 0. The Bertz CT molecular complexity index is 462. The monoisotopic (exact) mass is 232 g/mol. The van der Waals surface area contributed by atoms with Crippen molar-refractivity contribution >= 4 is 5.97 Å². The van der Waals surface area contributed by atoms with Crippen LogP contribution in [0.1, 0.15) is 24.2 Å². The van der Waals surface area contributed by atoms with E-state index in [2.05, 4.69) is 0 Å². The number of methoxy groups -OCH3 is 1. The molecule has 0 saturated heterocycles. The fraction of sp³-hybridized carbons (Fsp3) is 0.357. The molecule has 0 bridgehead atoms. The Hall–Kier alpha value is -1.77. The Morgan fingerprint density at radius 3 is 2.65 bits per heavy atom. The van der Waals surface area contributed by atoms with E-state index < -0.39 is 0 Å². The Labute approximate surface area is 101 Å². The first-order valence-corrected chi connectivity index (χ1v) is 5.65. The van der Waals surface area contributed by atoms with E-state index in [0.717, 1.165) is 11.1 Å². The molecule has 1 aliphatic rings. The average Bonchev–Trinajstić information content (AvgIpc) is 2.32. The zero-order chi connectivity index (χ0) is 12.4. The molecule has 1 heterocycles. The van der Waals surface area contributed by atoms with Crippen LogP contribution in [0.15, 0.2) is 36.1 Å². The van der Waals surface area contributed by atoms with Crippen molar-refractivity contribution in [3.05, 3.63) is 47.2 Å². The van der Waals surface area contributed by atoms with Gasteiger partial charge in [-0.3, -0.25) is 0 Å². The van der Waals surface area contributed by atoms with Crippen LogP contribution in [0, 0.1) is 12.8 Å². The molecule has 90 valence electrons. The Morgan fingerprint density at radius 1 is 1.29 bits per heavy atom. The SMILES string of the molecule is COC1=CC(=O)O[C@H](c2ccccc2C)[C@H]1C. The third-order valence-electron chi connectivity index (χ3n) is 3.14. The van der Waals surface area contributed by atoms with Crippen molar-refractivity contribution < 1.29 is 14.3 Å². The normalized spacial score (nSPS) is 23.9. The second-order valence-electron chi connectivity index (χ2n) is 4.25. The molecule has 0 aliphatic carbocycles. The van der Waals surface area contributed by atoms with E-state index in [0.29, 0.717) is 5.76 Å². The van der Waals surface area contributed by atoms with Gasteiger partial charge in [0.15, 0.2) is 0 Å². The average molecular weight is 232 g/mol. The van der Waals surface area contributed by atoms with Crippen molar-refractivity contribution in [2.45, 2.75) is 20.0 Å². The lowest BCUT2D eigenvalue weighted by Crippen LogP contribution is -2.25. The number of ether oxygens (including phenoxy) is 2. The fourth-order valence-electron chi connectivity index (χ4n) is 2.14. The van der Waals surface area contributed by atoms with Gasteiger partial charge in [-0.25, -0.2) is 4.79 Å². The molecule has 3 nitrogen and oxygen atoms in total. The number of benzene rings is 1. The number of hydrogen-bond acceptors (Lipinski definition) is 3. The molecular formula is C14H16O3. The van der Waals surface area contributed by atoms with Crippen LogP contribution in [0.3, 0.4) is 0 Å². The highest BCUT2D eigenvalue weighted by atomic mass is 16.6. The first kappa shape index (κ1) is 11.7. The number of carbonyl (C=O) groups is 1. The fourth-order valence-corrected chi connectivity index (χ4v) is 2.14. The quantitative estimate of drug-likeness (QED) is 0.735. The third kappa shape index (κ3) is 2.18. The van der Waals surface area contributed by atoms with Crippen LogP contribution in [-0.4, -0.2) is 13.1 Å². The van der Waals surface area contributed by atoms with Crippen LogP contribution >= 0.6 is 0 Å². The molecular weight excluding hydrogens is 216 g/mol. The molecule has 1 aromatic carbocycles. The second-order valence-corrected chi connectivity index (χ2v) is 4.25. The predicted molar refractivity (Wildman–Crippen MR) is 64.3 cm³/mol. The topological polar surface area (TPSA) is 35.5 Å². The molecule has 3 heteroatoms. The second kappa shape index (κ2) is 4.62. The summed E-state index contributed by atoms with van der Waals surface area (Å²) in [5.41, 5.74) is 2.16. The first-order chi connectivity index (χ1) is 8.13. The van der Waals surface area contributed by atoms with E-state index in [1.54, 1.807) is 7.11 Å². The van der Waals surface area contributed by atoms with Crippen molar-refractivity contribution in [2.24, 2.45) is 5.92 Å². The van der Waals surface area contributed by atoms with Crippen LogP contribution < -0.4 is 0 Å². The summed E-state index contributed by atoms with van der Waals surface area (Å²) in [6, 6.07) is 7.93. The highest BCUT2D eigenvalue weighted by molar-refractivity contribution is 5.83. The van der Waals surface area contributed by atoms with E-state index in [9.17, 15) is 4.79 Å². The van der Waals surface area contributed by atoms with Gasteiger partial charge in [0.1, 0.15) is 11.9 Å². The summed E-state index contributed by atoms with van der Waals surface area (Å²) in [6.45, 7) is 4.01. The highest BCUT2D eigenvalue weighted by Crippen LogP contribution is 2.36. The van der Waals surface area contributed by atoms with E-state index in [1.165, 1.54) is 6.08 Å². The lowest BCUT2D eigenvalue weighted by molar-refractivity contribution is -0.148. The van der Waals surface area contributed by atoms with Crippen molar-refractivity contribution in [1.82, 2.24) is 0 Å². The number of rotatable bonds is 2. The van der Waals surface area contributed by atoms with E-state index in [-0.39, 0.29) is 18.0 Å². The smallest absolute Gasteiger partial charge is 0.334 e. The number of hydrogen-bond donors (Lipinski definition) is 0. The minimum Gasteiger partial charge on any atom is -0.500 e. The molecule has 2 atom stereocenters. The Balaban J connectivity index is 2.38. The zero-order valence-corrected chi connectivity index (χ0v) is 10.3. The van der Waals surface area contributed by atoms with Gasteiger partial charge in [0, 0.05) is 0 Å². The molecule has 0 saturated carbocycles. The molecule has 1 aliphatic heterocycles. The number of carbonyl (C=O) groups excluding carboxylic acids is 1. The van der Waals surface area contributed by atoms with Gasteiger partial charge in [0.25, 0.3) is 0 Å². The summed E-state index contributed by atoms with van der Waals surface area (Å²) in [7, 11) is 1.58. The van der Waals surface area contributed by atoms with Crippen LogP contribution in [-0.2, 0) is 14.3 Å². The summed E-state index contributed by atoms with van der Waals surface area (Å²) in [4.78, 5) is 11.5. The molecule has 0 spiro atoms. The summed E-state index contributed by atoms with van der Waals surface area (Å²) < 4.78 is 10.6. The molecule has 2 rings (SSSR count). The summed E-state index contributed by atoms with van der Waals surface area (Å²) in [5.74, 6) is 0.376. The van der Waals surface area contributed by atoms with Gasteiger partial charge in [-0.05, 0) is 18.1 Å². The van der Waals surface area contributed by atoms with E-state index in [1.807, 2.05) is 38.1 Å². The maximum atomic E-state index is 11.5. The van der Waals surface area contributed by atoms with Crippen LogP contribution in [0.25, 0.3) is 0 Å². The largest absolute Gasteiger partial charge is 0.500 e. The molecule has 0 N–H and O–H groups in total. The first-order valence-electron chi connectivity index (χ1n) is 5.65. The Kier molecular flexibility index (Phi) is 3.18. The number of esters is 1. The van der Waals surface area contributed by atoms with Gasteiger partial charge in [-0.15, -0.1) is 0 Å². The predicted octanol–water partition coefficient (Wildman–Crippen LogP) is 2.76. The Morgan fingerprint density at radius 2 is 2.00 bits per heavy atom. The van der Waals surface area contributed by atoms with Gasteiger partial charge in [0.2, 0.25) is 0 Å². The number of cyclic esters (lactones) is 1. The lowest BCUT2D eigenvalue weighted by atomic mass is 9.91. The minimum atomic E-state index is -0.340. The van der Waals surface area contributed by atoms with Crippen molar-refractivity contribution in [2.75, 3.05) is 7.11 Å². The zero-order valence-electron chi connectivity index (χ0n) is 10.3. The van der Waals surface area contributed by atoms with Crippen molar-refractivity contribution in [3.63, 3.8) is 0 Å². The molecule has 0 amide bonds. The molecule has 0 radical (unpaired) electrons. The van der Waals surface area contributed by atoms with Crippen molar-refractivity contribution in [3.8, 4) is 0 Å². The van der Waals surface area contributed by atoms with Gasteiger partial charge >= 0.3 is 5.97 Å². The van der Waals surface area contributed by atoms with Crippen LogP contribution in [0.2, 0.25) is 0 Å². The number of aryl methyl sites for hydroxylation is 1. The lowest BCUT2D eigenvalue weighted by Gasteiger charge is -2.29. The highest BCUT2D eigenvalue weighted by Gasteiger charge is 2.32. The van der Waals surface area contributed by atoms with E-state index in [4.69, 9.17) is 9.47 Å².